The zero-order valence-electron chi connectivity index (χ0n) is 19.7. The first-order valence-electron chi connectivity index (χ1n) is 11.9. The molecule has 0 saturated heterocycles. The largest absolute Gasteiger partial charge is 0.490 e. The number of aromatic nitrogens is 1. The van der Waals surface area contributed by atoms with Gasteiger partial charge in [-0.3, -0.25) is 14.4 Å². The van der Waals surface area contributed by atoms with Crippen LogP contribution in [-0.4, -0.2) is 47.1 Å². The van der Waals surface area contributed by atoms with Crippen LogP contribution in [-0.2, 0) is 11.0 Å². The van der Waals surface area contributed by atoms with Crippen molar-refractivity contribution in [2.24, 2.45) is 5.92 Å². The Kier molecular flexibility index (Phi) is 7.70. The number of carbonyl (C=O) groups is 3. The minimum Gasteiger partial charge on any atom is -0.490 e. The van der Waals surface area contributed by atoms with E-state index in [-0.39, 0.29) is 47.6 Å². The summed E-state index contributed by atoms with van der Waals surface area (Å²) in [4.78, 5) is 38.3. The highest BCUT2D eigenvalue weighted by molar-refractivity contribution is 5.99. The van der Waals surface area contributed by atoms with Crippen LogP contribution in [0.3, 0.4) is 0 Å². The molecule has 0 atom stereocenters. The number of halogens is 3. The van der Waals surface area contributed by atoms with E-state index in [1.54, 1.807) is 24.3 Å². The van der Waals surface area contributed by atoms with E-state index >= 15 is 0 Å². The van der Waals surface area contributed by atoms with E-state index in [0.717, 1.165) is 6.07 Å². The first-order valence-corrected chi connectivity index (χ1v) is 11.9. The molecule has 1 fully saturated rings. The van der Waals surface area contributed by atoms with E-state index in [1.165, 1.54) is 18.2 Å². The fraction of sp³-hybridized carbons (Fsp3) is 0.346. The Labute approximate surface area is 210 Å². The number of nitrogens with one attached hydrogen (secondary N) is 3. The topological polar surface area (TPSA) is 121 Å². The van der Waals surface area contributed by atoms with Crippen molar-refractivity contribution in [2.45, 2.75) is 38.0 Å². The van der Waals surface area contributed by atoms with Crippen molar-refractivity contribution in [1.82, 2.24) is 15.6 Å². The number of fused-ring (bicyclic) bond motifs is 1. The number of rotatable bonds is 8. The normalized spacial score (nSPS) is 17.8. The Morgan fingerprint density at radius 1 is 0.946 bits per heavy atom. The van der Waals surface area contributed by atoms with Crippen molar-refractivity contribution in [3.05, 3.63) is 65.4 Å². The molecule has 1 heterocycles. The molecule has 0 bridgehead atoms. The Morgan fingerprint density at radius 3 is 2.22 bits per heavy atom. The van der Waals surface area contributed by atoms with Crippen LogP contribution in [0.4, 0.5) is 13.2 Å². The number of carboxylic acids is 1. The number of H-pyrrole nitrogens is 1. The monoisotopic (exact) mass is 517 g/mol. The molecule has 0 aliphatic heterocycles. The maximum atomic E-state index is 13.2. The SMILES string of the molecule is O=C(NCCNC(=O)c1cc2cccc(C(F)(F)F)c2[nH]1)c1ccc(OC2CCC(C(=O)O)CC2)cc1. The molecular weight excluding hydrogens is 491 g/mol. The minimum atomic E-state index is -4.55. The number of aromatic amines is 1. The van der Waals surface area contributed by atoms with Gasteiger partial charge in [-0.15, -0.1) is 0 Å². The lowest BCUT2D eigenvalue weighted by atomic mass is 9.87. The Morgan fingerprint density at radius 2 is 1.59 bits per heavy atom. The van der Waals surface area contributed by atoms with Gasteiger partial charge in [-0.2, -0.15) is 13.2 Å². The number of hydrogen-bond acceptors (Lipinski definition) is 4. The van der Waals surface area contributed by atoms with Gasteiger partial charge in [-0.25, -0.2) is 0 Å². The van der Waals surface area contributed by atoms with Crippen molar-refractivity contribution in [1.29, 1.82) is 0 Å². The van der Waals surface area contributed by atoms with Gasteiger partial charge in [0.05, 0.1) is 23.1 Å². The maximum Gasteiger partial charge on any atom is 0.418 e. The van der Waals surface area contributed by atoms with Crippen molar-refractivity contribution in [2.75, 3.05) is 13.1 Å². The highest BCUT2D eigenvalue weighted by Crippen LogP contribution is 2.34. The molecule has 4 N–H and O–H groups in total. The quantitative estimate of drug-likeness (QED) is 0.331. The van der Waals surface area contributed by atoms with Gasteiger partial charge >= 0.3 is 12.1 Å². The zero-order valence-corrected chi connectivity index (χ0v) is 19.7. The summed E-state index contributed by atoms with van der Waals surface area (Å²) in [7, 11) is 0. The molecule has 0 radical (unpaired) electrons. The molecule has 1 saturated carbocycles. The lowest BCUT2D eigenvalue weighted by Gasteiger charge is -2.26. The predicted octanol–water partition coefficient (Wildman–Crippen LogP) is 4.37. The molecule has 2 aromatic carbocycles. The number of carbonyl (C=O) groups excluding carboxylic acids is 2. The van der Waals surface area contributed by atoms with E-state index in [1.807, 2.05) is 0 Å². The average Bonchev–Trinajstić information content (AvgIpc) is 3.31. The molecule has 0 unspecified atom stereocenters. The van der Waals surface area contributed by atoms with Crippen LogP contribution in [0.25, 0.3) is 10.9 Å². The molecule has 1 aromatic heterocycles. The molecule has 8 nitrogen and oxygen atoms in total. The summed E-state index contributed by atoms with van der Waals surface area (Å²) in [6, 6.07) is 11.6. The number of carboxylic acid groups (broad SMARTS) is 1. The Balaban J connectivity index is 1.23. The summed E-state index contributed by atoms with van der Waals surface area (Å²) in [6.45, 7) is 0.190. The smallest absolute Gasteiger partial charge is 0.418 e. The van der Waals surface area contributed by atoms with Gasteiger partial charge in [0, 0.05) is 24.0 Å². The molecule has 0 spiro atoms. The maximum absolute atomic E-state index is 13.2. The lowest BCUT2D eigenvalue weighted by Crippen LogP contribution is -2.34. The van der Waals surface area contributed by atoms with Crippen LogP contribution in [0.2, 0.25) is 0 Å². The van der Waals surface area contributed by atoms with Gasteiger partial charge < -0.3 is 25.5 Å². The molecule has 1 aliphatic rings. The first-order chi connectivity index (χ1) is 17.6. The Bertz CT molecular complexity index is 1280. The van der Waals surface area contributed by atoms with Gasteiger partial charge in [0.15, 0.2) is 0 Å². The van der Waals surface area contributed by atoms with Crippen LogP contribution in [0, 0.1) is 5.92 Å². The van der Waals surface area contributed by atoms with Gasteiger partial charge in [-0.05, 0) is 62.1 Å². The third kappa shape index (κ3) is 6.41. The molecule has 3 aromatic rings. The number of alkyl halides is 3. The van der Waals surface area contributed by atoms with Crippen molar-refractivity contribution < 1.29 is 37.4 Å². The number of aliphatic carboxylic acids is 1. The molecule has 4 rings (SSSR count). The van der Waals surface area contributed by atoms with Gasteiger partial charge in [0.1, 0.15) is 11.4 Å². The number of benzene rings is 2. The molecule has 11 heteroatoms. The number of ether oxygens (including phenoxy) is 1. The fourth-order valence-corrected chi connectivity index (χ4v) is 4.37. The fourth-order valence-electron chi connectivity index (χ4n) is 4.37. The van der Waals surface area contributed by atoms with Gasteiger partial charge in [0.25, 0.3) is 11.8 Å². The lowest BCUT2D eigenvalue weighted by molar-refractivity contribution is -0.143. The van der Waals surface area contributed by atoms with E-state index in [2.05, 4.69) is 15.6 Å². The highest BCUT2D eigenvalue weighted by atomic mass is 19.4. The molecular formula is C26H26F3N3O5. The van der Waals surface area contributed by atoms with Crippen LogP contribution in [0.1, 0.15) is 52.1 Å². The second-order valence-corrected chi connectivity index (χ2v) is 8.92. The van der Waals surface area contributed by atoms with Crippen LogP contribution < -0.4 is 15.4 Å². The summed E-state index contributed by atoms with van der Waals surface area (Å²) in [5, 5.41) is 14.6. The highest BCUT2D eigenvalue weighted by Gasteiger charge is 2.33. The minimum absolute atomic E-state index is 0.00920. The average molecular weight is 518 g/mol. The van der Waals surface area contributed by atoms with E-state index in [9.17, 15) is 27.6 Å². The van der Waals surface area contributed by atoms with E-state index < -0.39 is 23.6 Å². The van der Waals surface area contributed by atoms with E-state index in [4.69, 9.17) is 9.84 Å². The van der Waals surface area contributed by atoms with Gasteiger partial charge in [-0.1, -0.05) is 12.1 Å². The van der Waals surface area contributed by atoms with Crippen molar-refractivity contribution in [3.63, 3.8) is 0 Å². The standard InChI is InChI=1S/C26H26F3N3O5/c27-26(28,29)20-3-1-2-17-14-21(32-22(17)20)24(34)31-13-12-30-23(33)15-4-8-18(9-5-15)37-19-10-6-16(7-11-19)25(35)36/h1-5,8-9,14,16,19,32H,6-7,10-13H2,(H,30,33)(H,31,34)(H,35,36). The number of hydrogen-bond donors (Lipinski definition) is 4. The van der Waals surface area contributed by atoms with Crippen LogP contribution in [0.5, 0.6) is 5.75 Å². The summed E-state index contributed by atoms with van der Waals surface area (Å²) in [6.07, 6.45) is -2.14. The summed E-state index contributed by atoms with van der Waals surface area (Å²) in [5.74, 6) is -1.44. The summed E-state index contributed by atoms with van der Waals surface area (Å²) < 4.78 is 45.4. The third-order valence-electron chi connectivity index (χ3n) is 6.35. The molecule has 37 heavy (non-hydrogen) atoms. The number of amides is 2. The third-order valence-corrected chi connectivity index (χ3v) is 6.35. The van der Waals surface area contributed by atoms with Crippen molar-refractivity contribution in [3.8, 4) is 5.75 Å². The second kappa shape index (κ2) is 10.9. The van der Waals surface area contributed by atoms with E-state index in [0.29, 0.717) is 37.0 Å². The van der Waals surface area contributed by atoms with Crippen LogP contribution in [0.15, 0.2) is 48.5 Å². The second-order valence-electron chi connectivity index (χ2n) is 8.92. The summed E-state index contributed by atoms with van der Waals surface area (Å²) >= 11 is 0. The zero-order chi connectivity index (χ0) is 26.6. The van der Waals surface area contributed by atoms with Crippen LogP contribution >= 0.6 is 0 Å². The van der Waals surface area contributed by atoms with Crippen molar-refractivity contribution >= 4 is 28.7 Å². The van der Waals surface area contributed by atoms with Gasteiger partial charge in [0.2, 0.25) is 0 Å². The Hall–Kier alpha value is -4.02. The molecule has 1 aliphatic carbocycles. The molecule has 2 amide bonds. The molecule has 196 valence electrons. The predicted molar refractivity (Wildman–Crippen MR) is 128 cm³/mol. The summed E-state index contributed by atoms with van der Waals surface area (Å²) in [5.41, 5.74) is -0.624. The number of para-hydroxylation sites is 1. The first kappa shape index (κ1) is 26.1.